The van der Waals surface area contributed by atoms with E-state index in [0.29, 0.717) is 12.0 Å². The number of nitrogens with one attached hydrogen (secondary N) is 1. The van der Waals surface area contributed by atoms with Crippen LogP contribution in [0.15, 0.2) is 0 Å². The third-order valence-corrected chi connectivity index (χ3v) is 4.07. The fourth-order valence-corrected chi connectivity index (χ4v) is 2.57. The van der Waals surface area contributed by atoms with Crippen molar-refractivity contribution in [1.82, 2.24) is 15.0 Å². The summed E-state index contributed by atoms with van der Waals surface area (Å²) in [6.45, 7) is 2.03. The zero-order valence-corrected chi connectivity index (χ0v) is 11.3. The van der Waals surface area contributed by atoms with Crippen LogP contribution in [-0.4, -0.2) is 41.1 Å². The minimum Gasteiger partial charge on any atom is -0.341 e. The monoisotopic (exact) mass is 263 g/mol. The summed E-state index contributed by atoms with van der Waals surface area (Å²) in [5.41, 5.74) is 2.55. The normalized spacial score (nSPS) is 19.4. The number of hydrogen-bond acceptors (Lipinski definition) is 7. The lowest BCUT2D eigenvalue weighted by Crippen LogP contribution is -2.38. The van der Waals surface area contributed by atoms with Gasteiger partial charge >= 0.3 is 0 Å². The number of nitrogens with zero attached hydrogens (tertiary/aromatic N) is 5. The Balaban J connectivity index is 1.87. The highest BCUT2D eigenvalue weighted by atomic mass is 15.4. The molecule has 0 spiro atoms. The zero-order valence-electron chi connectivity index (χ0n) is 11.3. The van der Waals surface area contributed by atoms with E-state index in [1.54, 1.807) is 0 Å². The van der Waals surface area contributed by atoms with Crippen LogP contribution in [0.2, 0.25) is 0 Å². The summed E-state index contributed by atoms with van der Waals surface area (Å²) >= 11 is 0. The molecule has 7 heteroatoms. The standard InChI is InChI=1S/C12H21N7/c1-18(9-5-4-6-9)11-14-10(17-13)15-12(16-11)19-7-2-3-8-19/h9H,2-8,13H2,1H3,(H,14,15,16,17). The summed E-state index contributed by atoms with van der Waals surface area (Å²) in [6.07, 6.45) is 6.12. The molecule has 19 heavy (non-hydrogen) atoms. The van der Waals surface area contributed by atoms with Crippen molar-refractivity contribution in [1.29, 1.82) is 0 Å². The van der Waals surface area contributed by atoms with Crippen molar-refractivity contribution in [2.24, 2.45) is 5.84 Å². The lowest BCUT2D eigenvalue weighted by molar-refractivity contribution is 0.397. The van der Waals surface area contributed by atoms with Crippen LogP contribution in [0.3, 0.4) is 0 Å². The van der Waals surface area contributed by atoms with Gasteiger partial charge in [0.1, 0.15) is 0 Å². The van der Waals surface area contributed by atoms with E-state index in [0.717, 1.165) is 25.0 Å². The number of anilines is 3. The Morgan fingerprint density at radius 1 is 1.16 bits per heavy atom. The van der Waals surface area contributed by atoms with E-state index in [1.807, 2.05) is 7.05 Å². The van der Waals surface area contributed by atoms with Gasteiger partial charge in [0.25, 0.3) is 0 Å². The Morgan fingerprint density at radius 2 is 1.89 bits per heavy atom. The van der Waals surface area contributed by atoms with Crippen LogP contribution in [0.1, 0.15) is 32.1 Å². The summed E-state index contributed by atoms with van der Waals surface area (Å²) in [5.74, 6) is 7.37. The molecular weight excluding hydrogens is 242 g/mol. The molecule has 1 saturated heterocycles. The second-order valence-electron chi connectivity index (χ2n) is 5.29. The van der Waals surface area contributed by atoms with E-state index < -0.39 is 0 Å². The zero-order chi connectivity index (χ0) is 13.2. The molecule has 0 atom stereocenters. The average Bonchev–Trinajstić information content (AvgIpc) is 2.90. The highest BCUT2D eigenvalue weighted by molar-refractivity contribution is 5.45. The fourth-order valence-electron chi connectivity index (χ4n) is 2.57. The van der Waals surface area contributed by atoms with Crippen LogP contribution >= 0.6 is 0 Å². The van der Waals surface area contributed by atoms with Crippen molar-refractivity contribution >= 4 is 17.8 Å². The molecule has 3 rings (SSSR count). The molecule has 3 N–H and O–H groups in total. The number of hydrazine groups is 1. The number of aromatic nitrogens is 3. The van der Waals surface area contributed by atoms with Crippen molar-refractivity contribution in [2.45, 2.75) is 38.1 Å². The van der Waals surface area contributed by atoms with Crippen molar-refractivity contribution < 1.29 is 0 Å². The molecule has 0 radical (unpaired) electrons. The van der Waals surface area contributed by atoms with Gasteiger partial charge in [-0.15, -0.1) is 0 Å². The van der Waals surface area contributed by atoms with Gasteiger partial charge in [-0.2, -0.15) is 15.0 Å². The Kier molecular flexibility index (Phi) is 3.37. The van der Waals surface area contributed by atoms with E-state index in [1.165, 1.54) is 32.1 Å². The van der Waals surface area contributed by atoms with Crippen LogP contribution in [0.5, 0.6) is 0 Å². The van der Waals surface area contributed by atoms with Gasteiger partial charge in [0, 0.05) is 26.2 Å². The van der Waals surface area contributed by atoms with Crippen LogP contribution in [0, 0.1) is 0 Å². The van der Waals surface area contributed by atoms with E-state index >= 15 is 0 Å². The maximum absolute atomic E-state index is 5.47. The first-order valence-electron chi connectivity index (χ1n) is 6.98. The molecule has 1 aliphatic carbocycles. The molecule has 2 heterocycles. The van der Waals surface area contributed by atoms with Gasteiger partial charge in [-0.25, -0.2) is 5.84 Å². The quantitative estimate of drug-likeness (QED) is 0.612. The maximum Gasteiger partial charge on any atom is 0.243 e. The van der Waals surface area contributed by atoms with Crippen LogP contribution in [0.4, 0.5) is 17.8 Å². The minimum absolute atomic E-state index is 0.443. The van der Waals surface area contributed by atoms with Crippen LogP contribution < -0.4 is 21.1 Å². The molecular formula is C12H21N7. The van der Waals surface area contributed by atoms with Gasteiger partial charge in [0.15, 0.2) is 0 Å². The van der Waals surface area contributed by atoms with E-state index in [-0.39, 0.29) is 0 Å². The topological polar surface area (TPSA) is 83.2 Å². The van der Waals surface area contributed by atoms with E-state index in [4.69, 9.17) is 5.84 Å². The first-order chi connectivity index (χ1) is 9.28. The summed E-state index contributed by atoms with van der Waals surface area (Å²) in [7, 11) is 2.05. The minimum atomic E-state index is 0.443. The molecule has 2 fully saturated rings. The second-order valence-corrected chi connectivity index (χ2v) is 5.29. The van der Waals surface area contributed by atoms with Gasteiger partial charge in [0.2, 0.25) is 17.8 Å². The number of nitrogens with two attached hydrogens (primary N) is 1. The second kappa shape index (κ2) is 5.16. The molecule has 2 aliphatic rings. The molecule has 0 aromatic carbocycles. The summed E-state index contributed by atoms with van der Waals surface area (Å²) in [4.78, 5) is 17.7. The first-order valence-corrected chi connectivity index (χ1v) is 6.98. The van der Waals surface area contributed by atoms with Gasteiger partial charge in [-0.1, -0.05) is 0 Å². The Hall–Kier alpha value is -1.63. The van der Waals surface area contributed by atoms with Gasteiger partial charge < -0.3 is 9.80 Å². The Morgan fingerprint density at radius 3 is 2.47 bits per heavy atom. The Bertz CT molecular complexity index is 440. The van der Waals surface area contributed by atoms with Crippen molar-refractivity contribution in [3.63, 3.8) is 0 Å². The predicted molar refractivity (Wildman–Crippen MR) is 75.1 cm³/mol. The summed E-state index contributed by atoms with van der Waals surface area (Å²) in [6, 6.07) is 0.555. The van der Waals surface area contributed by atoms with Crippen LogP contribution in [0.25, 0.3) is 0 Å². The largest absolute Gasteiger partial charge is 0.341 e. The van der Waals surface area contributed by atoms with Crippen molar-refractivity contribution in [3.8, 4) is 0 Å². The molecule has 0 amide bonds. The van der Waals surface area contributed by atoms with Crippen LogP contribution in [-0.2, 0) is 0 Å². The van der Waals surface area contributed by atoms with Gasteiger partial charge in [-0.05, 0) is 32.1 Å². The molecule has 1 aromatic rings. The summed E-state index contributed by atoms with van der Waals surface area (Å²) < 4.78 is 0. The lowest BCUT2D eigenvalue weighted by Gasteiger charge is -2.35. The summed E-state index contributed by atoms with van der Waals surface area (Å²) in [5, 5.41) is 0. The number of rotatable bonds is 4. The SMILES string of the molecule is CN(c1nc(NN)nc(N2CCCC2)n1)C1CCC1. The number of nitrogen functional groups attached to an aromatic ring is 1. The molecule has 104 valence electrons. The van der Waals surface area contributed by atoms with Gasteiger partial charge in [-0.3, -0.25) is 5.43 Å². The molecule has 7 nitrogen and oxygen atoms in total. The maximum atomic E-state index is 5.47. The van der Waals surface area contributed by atoms with E-state index in [9.17, 15) is 0 Å². The van der Waals surface area contributed by atoms with Crippen molar-refractivity contribution in [2.75, 3.05) is 35.4 Å². The van der Waals surface area contributed by atoms with Crippen molar-refractivity contribution in [3.05, 3.63) is 0 Å². The fraction of sp³-hybridized carbons (Fsp3) is 0.750. The lowest BCUT2D eigenvalue weighted by atomic mass is 9.92. The Labute approximate surface area is 113 Å². The number of hydrogen-bond donors (Lipinski definition) is 2. The average molecular weight is 263 g/mol. The smallest absolute Gasteiger partial charge is 0.243 e. The molecule has 0 unspecified atom stereocenters. The predicted octanol–water partition coefficient (Wildman–Crippen LogP) is 0.746. The van der Waals surface area contributed by atoms with E-state index in [2.05, 4.69) is 30.2 Å². The van der Waals surface area contributed by atoms with Gasteiger partial charge in [0.05, 0.1) is 0 Å². The third kappa shape index (κ3) is 2.42. The highest BCUT2D eigenvalue weighted by Gasteiger charge is 2.25. The highest BCUT2D eigenvalue weighted by Crippen LogP contribution is 2.27. The first kappa shape index (κ1) is 12.4. The molecule has 0 bridgehead atoms. The molecule has 1 aromatic heterocycles. The third-order valence-electron chi connectivity index (χ3n) is 4.07. The molecule has 1 saturated carbocycles. The molecule has 1 aliphatic heterocycles.